The van der Waals surface area contributed by atoms with Crippen molar-refractivity contribution in [2.45, 2.75) is 27.2 Å². The molecule has 0 bridgehead atoms. The van der Waals surface area contributed by atoms with E-state index in [0.717, 1.165) is 22.7 Å². The van der Waals surface area contributed by atoms with Gasteiger partial charge in [0.2, 0.25) is 0 Å². The highest BCUT2D eigenvalue weighted by Gasteiger charge is 1.98. The molecule has 0 atom stereocenters. The van der Waals surface area contributed by atoms with Crippen LogP contribution >= 0.6 is 24.4 Å². The van der Waals surface area contributed by atoms with E-state index >= 15 is 0 Å². The summed E-state index contributed by atoms with van der Waals surface area (Å²) in [6.07, 6.45) is 0.879. The van der Waals surface area contributed by atoms with Crippen molar-refractivity contribution < 1.29 is 0 Å². The maximum absolute atomic E-state index is 5.09. The van der Waals surface area contributed by atoms with Crippen LogP contribution in [0.5, 0.6) is 0 Å². The molecule has 0 aromatic rings. The number of nitrogens with zero attached hydrogens (tertiary/aromatic N) is 2. The molecule has 0 fully saturated rings. The average molecular weight is 258 g/mol. The van der Waals surface area contributed by atoms with Crippen molar-refractivity contribution in [3.63, 3.8) is 0 Å². The molecule has 0 aliphatic carbocycles. The second-order valence-corrected chi connectivity index (χ2v) is 4.17. The van der Waals surface area contributed by atoms with Crippen molar-refractivity contribution >= 4 is 45.8 Å². The molecule has 0 heterocycles. The first-order chi connectivity index (χ1) is 7.51. The zero-order valence-corrected chi connectivity index (χ0v) is 11.8. The Labute approximate surface area is 108 Å². The second-order valence-electron chi connectivity index (χ2n) is 3.18. The normalized spacial score (nSPS) is 12.2. The first-order valence-electron chi connectivity index (χ1n) is 5.06. The molecule has 0 aliphatic heterocycles. The van der Waals surface area contributed by atoms with Gasteiger partial charge in [-0.25, -0.2) is 0 Å². The van der Waals surface area contributed by atoms with Gasteiger partial charge in [-0.2, -0.15) is 5.10 Å². The highest BCUT2D eigenvalue weighted by atomic mass is 32.1. The van der Waals surface area contributed by atoms with E-state index < -0.39 is 0 Å². The quantitative estimate of drug-likeness (QED) is 0.448. The van der Waals surface area contributed by atoms with Crippen LogP contribution in [0.4, 0.5) is 0 Å². The third-order valence-electron chi connectivity index (χ3n) is 1.96. The predicted molar refractivity (Wildman–Crippen MR) is 78.8 cm³/mol. The van der Waals surface area contributed by atoms with E-state index in [4.69, 9.17) is 24.4 Å². The zero-order valence-electron chi connectivity index (χ0n) is 10.1. The molecule has 0 spiro atoms. The summed E-state index contributed by atoms with van der Waals surface area (Å²) < 4.78 is 0. The van der Waals surface area contributed by atoms with E-state index in [0.29, 0.717) is 11.7 Å². The van der Waals surface area contributed by atoms with E-state index in [2.05, 4.69) is 20.8 Å². The maximum atomic E-state index is 5.09. The minimum Gasteiger partial charge on any atom is -0.364 e. The third-order valence-corrected chi connectivity index (χ3v) is 2.68. The summed E-state index contributed by atoms with van der Waals surface area (Å²) in [6, 6.07) is 0. The molecule has 0 saturated heterocycles. The van der Waals surface area contributed by atoms with Crippen molar-refractivity contribution in [2.75, 3.05) is 13.6 Å². The van der Waals surface area contributed by atoms with Crippen LogP contribution in [0.1, 0.15) is 27.2 Å². The maximum Gasteiger partial charge on any atom is 0.186 e. The van der Waals surface area contributed by atoms with Crippen LogP contribution in [0.15, 0.2) is 10.1 Å². The van der Waals surface area contributed by atoms with Crippen molar-refractivity contribution in [1.82, 2.24) is 10.7 Å². The summed E-state index contributed by atoms with van der Waals surface area (Å²) in [5.41, 5.74) is 4.37. The molecule has 2 N–H and O–H groups in total. The lowest BCUT2D eigenvalue weighted by Crippen LogP contribution is -2.29. The van der Waals surface area contributed by atoms with Crippen molar-refractivity contribution in [2.24, 2.45) is 10.1 Å². The van der Waals surface area contributed by atoms with Gasteiger partial charge in [0.15, 0.2) is 5.11 Å². The first kappa shape index (κ1) is 15.1. The topological polar surface area (TPSA) is 48.8 Å². The molecular weight excluding hydrogens is 240 g/mol. The third kappa shape index (κ3) is 6.58. The van der Waals surface area contributed by atoms with Gasteiger partial charge in [0.05, 0.1) is 18.0 Å². The number of nitrogens with one attached hydrogen (secondary N) is 2. The largest absolute Gasteiger partial charge is 0.364 e. The second kappa shape index (κ2) is 8.29. The lowest BCUT2D eigenvalue weighted by atomic mass is 10.3. The number of thiocarbonyl (C=S) groups is 2. The molecule has 0 unspecified atom stereocenters. The minimum atomic E-state index is 0.483. The molecule has 0 saturated carbocycles. The number of rotatable bonds is 5. The van der Waals surface area contributed by atoms with E-state index in [1.165, 1.54) is 0 Å². The Balaban J connectivity index is 4.30. The SMILES string of the molecule is CCC(=S)CN=C(C)/C(C)=N/NC(=S)NC. The van der Waals surface area contributed by atoms with Crippen LogP contribution in [0.2, 0.25) is 0 Å². The Morgan fingerprint density at radius 2 is 1.81 bits per heavy atom. The van der Waals surface area contributed by atoms with Crippen LogP contribution in [0.25, 0.3) is 0 Å². The van der Waals surface area contributed by atoms with Gasteiger partial charge in [-0.05, 0) is 32.5 Å². The molecule has 6 heteroatoms. The summed E-state index contributed by atoms with van der Waals surface area (Å²) >= 11 is 9.99. The zero-order chi connectivity index (χ0) is 12.6. The van der Waals surface area contributed by atoms with Gasteiger partial charge in [0, 0.05) is 11.9 Å². The highest BCUT2D eigenvalue weighted by Crippen LogP contribution is 1.90. The Hall–Kier alpha value is -0.880. The van der Waals surface area contributed by atoms with E-state index in [1.54, 1.807) is 7.05 Å². The number of aliphatic imine (C=N–C) groups is 1. The van der Waals surface area contributed by atoms with Crippen LogP contribution < -0.4 is 10.7 Å². The van der Waals surface area contributed by atoms with Crippen LogP contribution in [0, 0.1) is 0 Å². The standard InChI is InChI=1S/C10H18N4S2/c1-5-9(15)6-12-7(2)8(3)13-14-10(16)11-4/h5-6H2,1-4H3,(H2,11,14,16)/b12-7?,13-8+. The summed E-state index contributed by atoms with van der Waals surface area (Å²) in [5.74, 6) is 0. The molecule has 0 aromatic heterocycles. The number of hydrogen-bond donors (Lipinski definition) is 2. The van der Waals surface area contributed by atoms with Crippen LogP contribution in [-0.4, -0.2) is 35.0 Å². The lowest BCUT2D eigenvalue weighted by molar-refractivity contribution is 0.976. The fourth-order valence-corrected chi connectivity index (χ4v) is 0.815. The Bertz CT molecular complexity index is 289. The van der Waals surface area contributed by atoms with E-state index in [9.17, 15) is 0 Å². The van der Waals surface area contributed by atoms with Crippen molar-refractivity contribution in [1.29, 1.82) is 0 Å². The van der Waals surface area contributed by atoms with Gasteiger partial charge in [0.1, 0.15) is 0 Å². The van der Waals surface area contributed by atoms with Gasteiger partial charge >= 0.3 is 0 Å². The van der Waals surface area contributed by atoms with Crippen molar-refractivity contribution in [3.8, 4) is 0 Å². The van der Waals surface area contributed by atoms with Crippen molar-refractivity contribution in [3.05, 3.63) is 0 Å². The smallest absolute Gasteiger partial charge is 0.186 e. The molecule has 4 nitrogen and oxygen atoms in total. The van der Waals surface area contributed by atoms with Crippen LogP contribution in [0.3, 0.4) is 0 Å². The Morgan fingerprint density at radius 3 is 2.31 bits per heavy atom. The number of hydrazone groups is 1. The molecule has 0 rings (SSSR count). The molecule has 0 aromatic carbocycles. The van der Waals surface area contributed by atoms with E-state index in [1.807, 2.05) is 20.8 Å². The fourth-order valence-electron chi connectivity index (χ4n) is 0.704. The Kier molecular flexibility index (Phi) is 7.84. The molecule has 16 heavy (non-hydrogen) atoms. The molecule has 0 aliphatic rings. The molecule has 90 valence electrons. The molecular formula is C10H18N4S2. The Morgan fingerprint density at radius 1 is 1.19 bits per heavy atom. The van der Waals surface area contributed by atoms with Gasteiger partial charge < -0.3 is 5.32 Å². The number of hydrogen-bond acceptors (Lipinski definition) is 4. The minimum absolute atomic E-state index is 0.483. The average Bonchev–Trinajstić information content (AvgIpc) is 2.31. The summed E-state index contributed by atoms with van der Waals surface area (Å²) in [6.45, 7) is 6.39. The summed E-state index contributed by atoms with van der Waals surface area (Å²) in [7, 11) is 1.74. The van der Waals surface area contributed by atoms with Gasteiger partial charge in [-0.3, -0.25) is 10.4 Å². The first-order valence-corrected chi connectivity index (χ1v) is 5.88. The highest BCUT2D eigenvalue weighted by molar-refractivity contribution is 7.80. The monoisotopic (exact) mass is 258 g/mol. The molecule has 0 radical (unpaired) electrons. The lowest BCUT2D eigenvalue weighted by Gasteiger charge is -2.03. The molecule has 0 amide bonds. The van der Waals surface area contributed by atoms with Gasteiger partial charge in [-0.1, -0.05) is 19.1 Å². The van der Waals surface area contributed by atoms with Gasteiger partial charge in [-0.15, -0.1) is 0 Å². The van der Waals surface area contributed by atoms with E-state index in [-0.39, 0.29) is 0 Å². The predicted octanol–water partition coefficient (Wildman–Crippen LogP) is 1.70. The fraction of sp³-hybridized carbons (Fsp3) is 0.600. The van der Waals surface area contributed by atoms with Gasteiger partial charge in [0.25, 0.3) is 0 Å². The van der Waals surface area contributed by atoms with Crippen LogP contribution in [-0.2, 0) is 0 Å². The summed E-state index contributed by atoms with van der Waals surface area (Å²) in [4.78, 5) is 5.29. The summed E-state index contributed by atoms with van der Waals surface area (Å²) in [5, 5.41) is 7.34.